The molecule has 436 valence electrons. The van der Waals surface area contributed by atoms with Crippen molar-refractivity contribution >= 4 is 40.3 Å². The Kier molecular flexibility index (Phi) is 18.1. The summed E-state index contributed by atoms with van der Waals surface area (Å²) in [6.07, 6.45) is 5.05. The van der Waals surface area contributed by atoms with Crippen LogP contribution in [0.25, 0.3) is 21.7 Å². The SMILES string of the molecule is Cc1ncsc1-c1ccc([C@@H](COCC2CCOCC2)NC(=O)[C@@H]2C[C@@H](O)CN2C(=O)[C@H](c2cc(OCCN3CCN(CCOc4cc(N5C6CCC5CN(c5cc(-c7ccccc7O)nnc5N)C6)ccn4)CC3)no2)C(C)C)cc1. The molecule has 9 heterocycles. The zero-order valence-corrected chi connectivity index (χ0v) is 47.9. The van der Waals surface area contributed by atoms with Gasteiger partial charge in [0.05, 0.1) is 46.2 Å². The summed E-state index contributed by atoms with van der Waals surface area (Å²) >= 11 is 1.59. The number of carbonyl (C=O) groups excluding carboxylic acids is 2. The number of benzene rings is 2. The van der Waals surface area contributed by atoms with Gasteiger partial charge in [-0.05, 0) is 85.0 Å². The molecule has 21 nitrogen and oxygen atoms in total. The fourth-order valence-corrected chi connectivity index (χ4v) is 13.1. The third-order valence-electron chi connectivity index (χ3n) is 16.8. The van der Waals surface area contributed by atoms with Crippen molar-refractivity contribution in [2.24, 2.45) is 11.8 Å². The van der Waals surface area contributed by atoms with Crippen molar-refractivity contribution in [3.63, 3.8) is 0 Å². The Bertz CT molecular complexity index is 3080. The van der Waals surface area contributed by atoms with Gasteiger partial charge in [0.25, 0.3) is 5.88 Å². The smallest absolute Gasteiger partial charge is 0.254 e. The number of nitrogens with zero attached hydrogens (tertiary/aromatic N) is 10. The first-order chi connectivity index (χ1) is 39.9. The molecule has 6 atom stereocenters. The molecule has 2 bridgehead atoms. The molecule has 0 spiro atoms. The van der Waals surface area contributed by atoms with E-state index in [-0.39, 0.29) is 55.1 Å². The van der Waals surface area contributed by atoms with Crippen molar-refractivity contribution in [2.45, 2.75) is 89.1 Å². The molecule has 2 amide bonds. The number of phenolic OH excluding ortho intramolecular Hbond substituents is 1. The van der Waals surface area contributed by atoms with Crippen molar-refractivity contribution in [2.75, 3.05) is 114 Å². The minimum Gasteiger partial charge on any atom is -0.507 e. The summed E-state index contributed by atoms with van der Waals surface area (Å²) in [5.74, 6) is 0.532. The molecule has 5 fully saturated rings. The van der Waals surface area contributed by atoms with Crippen LogP contribution in [0.3, 0.4) is 0 Å². The maximum absolute atomic E-state index is 14.6. The number of nitrogen functional groups attached to an aromatic ring is 1. The highest BCUT2D eigenvalue weighted by atomic mass is 32.1. The van der Waals surface area contributed by atoms with E-state index < -0.39 is 24.1 Å². The topological polar surface area (TPSA) is 243 Å². The number of anilines is 3. The van der Waals surface area contributed by atoms with E-state index in [1.807, 2.05) is 74.9 Å². The normalized spacial score (nSPS) is 21.5. The van der Waals surface area contributed by atoms with Crippen molar-refractivity contribution in [3.8, 4) is 39.2 Å². The summed E-state index contributed by atoms with van der Waals surface area (Å²) in [6, 6.07) is 22.1. The zero-order valence-electron chi connectivity index (χ0n) is 47.1. The predicted octanol–water partition coefficient (Wildman–Crippen LogP) is 6.18. The lowest BCUT2D eigenvalue weighted by atomic mass is 9.91. The number of pyridine rings is 1. The first-order valence-corrected chi connectivity index (χ1v) is 29.8. The van der Waals surface area contributed by atoms with Crippen LogP contribution in [0.2, 0.25) is 0 Å². The number of para-hydroxylation sites is 1. The van der Waals surface area contributed by atoms with Gasteiger partial charge < -0.3 is 59.4 Å². The summed E-state index contributed by atoms with van der Waals surface area (Å²) in [4.78, 5) is 50.0. The van der Waals surface area contributed by atoms with Gasteiger partial charge in [0.2, 0.25) is 17.7 Å². The molecule has 82 heavy (non-hydrogen) atoms. The number of hydrogen-bond donors (Lipinski definition) is 4. The summed E-state index contributed by atoms with van der Waals surface area (Å²) in [6.45, 7) is 15.6. The number of nitrogens with two attached hydrogens (primary N) is 1. The van der Waals surface area contributed by atoms with Crippen molar-refractivity contribution < 1.29 is 43.3 Å². The Morgan fingerprint density at radius 2 is 1.59 bits per heavy atom. The summed E-state index contributed by atoms with van der Waals surface area (Å²) in [5.41, 5.74) is 14.3. The standard InChI is InChI=1S/C60H76N12O9S/c1-38(2)56(60(76)71-34-46(73)29-51(71)59(75)64-49(36-78-35-40-15-24-77-25-16-40)41-8-10-42(11-9-41)57-39(3)63-37-82-57)53-31-55(67-81-53)80-27-23-69-20-18-68(19-21-69)22-26-79-54-28-43(14-17-62-54)72-44-12-13-45(72)33-70(32-44)50-30-48(65-66-58(50)61)47-6-4-5-7-52(47)74/h4-11,14,17,28,30-31,37-38,40,44-46,49,51,56,73-74H,12-13,15-16,18-27,29,32-36H2,1-3H3,(H2,61,66)(H,64,75)/t44?,45?,46-,49-,51+,56+/m1/s1. The number of aliphatic hydroxyl groups excluding tert-OH is 1. The molecular weight excluding hydrogens is 1060 g/mol. The molecule has 6 aromatic rings. The van der Waals surface area contributed by atoms with Gasteiger partial charge in [0, 0.05) is 127 Å². The van der Waals surface area contributed by atoms with E-state index in [0.29, 0.717) is 80.1 Å². The second-order valence-corrected chi connectivity index (χ2v) is 23.5. The molecule has 11 rings (SSSR count). The van der Waals surface area contributed by atoms with Gasteiger partial charge >= 0.3 is 0 Å². The molecule has 0 radical (unpaired) electrons. The van der Waals surface area contributed by atoms with Crippen LogP contribution in [0, 0.1) is 18.8 Å². The number of aromatic nitrogens is 5. The monoisotopic (exact) mass is 1140 g/mol. The number of thiazole rings is 1. The second-order valence-electron chi connectivity index (χ2n) is 22.7. The number of ether oxygens (including phenoxy) is 4. The summed E-state index contributed by atoms with van der Waals surface area (Å²) < 4.78 is 30.0. The van der Waals surface area contributed by atoms with Crippen LogP contribution in [0.5, 0.6) is 17.5 Å². The minimum absolute atomic E-state index is 0.0207. The maximum atomic E-state index is 14.6. The summed E-state index contributed by atoms with van der Waals surface area (Å²) in [7, 11) is 0. The molecule has 22 heteroatoms. The molecule has 5 saturated heterocycles. The number of carbonyl (C=O) groups is 2. The quantitative estimate of drug-likeness (QED) is 0.0593. The molecule has 0 aliphatic carbocycles. The Hall–Kier alpha value is -6.95. The van der Waals surface area contributed by atoms with Gasteiger partial charge in [-0.25, -0.2) is 9.97 Å². The largest absolute Gasteiger partial charge is 0.507 e. The van der Waals surface area contributed by atoms with Gasteiger partial charge in [0.1, 0.15) is 30.9 Å². The second kappa shape index (κ2) is 26.1. The number of phenols is 1. The van der Waals surface area contributed by atoms with Crippen LogP contribution in [-0.4, -0.2) is 185 Å². The number of amides is 2. The Labute approximate surface area is 482 Å². The zero-order chi connectivity index (χ0) is 56.7. The number of aromatic hydroxyl groups is 1. The average molecular weight is 1140 g/mol. The van der Waals surface area contributed by atoms with Crippen LogP contribution in [0.15, 0.2) is 89.0 Å². The first kappa shape index (κ1) is 56.9. The molecule has 4 aromatic heterocycles. The number of piperazine rings is 2. The fraction of sp³-hybridized carbons (Fsp3) is 0.517. The molecule has 2 aromatic carbocycles. The third-order valence-corrected chi connectivity index (χ3v) is 17.8. The number of fused-ring (bicyclic) bond motifs is 2. The van der Waals surface area contributed by atoms with Crippen LogP contribution in [0.1, 0.15) is 74.9 Å². The predicted molar refractivity (Wildman–Crippen MR) is 311 cm³/mol. The van der Waals surface area contributed by atoms with Crippen molar-refractivity contribution in [1.29, 1.82) is 0 Å². The highest BCUT2D eigenvalue weighted by Gasteiger charge is 2.44. The van der Waals surface area contributed by atoms with Crippen LogP contribution < -0.4 is 30.3 Å². The molecule has 5 aliphatic heterocycles. The van der Waals surface area contributed by atoms with Crippen LogP contribution in [0.4, 0.5) is 17.2 Å². The highest BCUT2D eigenvalue weighted by Crippen LogP contribution is 2.40. The summed E-state index contributed by atoms with van der Waals surface area (Å²) in [5, 5.41) is 37.4. The van der Waals surface area contributed by atoms with E-state index >= 15 is 0 Å². The highest BCUT2D eigenvalue weighted by molar-refractivity contribution is 7.13. The van der Waals surface area contributed by atoms with E-state index in [4.69, 9.17) is 29.2 Å². The van der Waals surface area contributed by atoms with Gasteiger partial charge in [-0.3, -0.25) is 19.4 Å². The lowest BCUT2D eigenvalue weighted by Crippen LogP contribution is -2.54. The maximum Gasteiger partial charge on any atom is 0.254 e. The lowest BCUT2D eigenvalue weighted by molar-refractivity contribution is -0.141. The van der Waals surface area contributed by atoms with Gasteiger partial charge in [-0.2, -0.15) is 0 Å². The van der Waals surface area contributed by atoms with Crippen LogP contribution >= 0.6 is 11.3 Å². The lowest BCUT2D eigenvalue weighted by Gasteiger charge is -2.43. The number of likely N-dealkylation sites (tertiary alicyclic amines) is 1. The van der Waals surface area contributed by atoms with Crippen molar-refractivity contribution in [1.82, 2.24) is 45.3 Å². The third kappa shape index (κ3) is 13.3. The Morgan fingerprint density at radius 3 is 2.28 bits per heavy atom. The minimum atomic E-state index is -0.899. The first-order valence-electron chi connectivity index (χ1n) is 28.9. The number of aliphatic hydroxyl groups is 1. The average Bonchev–Trinajstić information content (AvgIpc) is 4.41. The van der Waals surface area contributed by atoms with E-state index in [9.17, 15) is 19.8 Å². The molecule has 5 aliphatic rings. The van der Waals surface area contributed by atoms with Gasteiger partial charge in [-0.15, -0.1) is 21.5 Å². The number of nitrogens with one attached hydrogen (secondary N) is 1. The number of rotatable bonds is 22. The molecule has 5 N–H and O–H groups in total. The van der Waals surface area contributed by atoms with E-state index in [2.05, 4.69) is 62.4 Å². The number of hydrogen-bond acceptors (Lipinski definition) is 20. The molecule has 2 unspecified atom stereocenters. The Morgan fingerprint density at radius 1 is 0.866 bits per heavy atom. The van der Waals surface area contributed by atoms with Gasteiger partial charge in [-0.1, -0.05) is 50.2 Å². The van der Waals surface area contributed by atoms with E-state index in [1.54, 1.807) is 29.5 Å². The van der Waals surface area contributed by atoms with Gasteiger partial charge in [0.15, 0.2) is 11.6 Å². The number of aryl methyl sites for hydroxylation is 1. The van der Waals surface area contributed by atoms with E-state index in [0.717, 1.165) is 105 Å². The fourth-order valence-electron chi connectivity index (χ4n) is 12.3. The molecular formula is C60H76N12O9S. The van der Waals surface area contributed by atoms with Crippen molar-refractivity contribution in [3.05, 3.63) is 102 Å². The van der Waals surface area contributed by atoms with Crippen LogP contribution in [-0.2, 0) is 19.1 Å². The Balaban J connectivity index is 0.630. The molecule has 0 saturated carbocycles. The van der Waals surface area contributed by atoms with E-state index in [1.165, 1.54) is 4.90 Å². The number of β-amino-alcohol motifs (C(OH)–C–C–N with tert-alkyl or cyclic N) is 1.